The molecular weight excluding hydrogens is 304 g/mol. The van der Waals surface area contributed by atoms with Gasteiger partial charge < -0.3 is 0 Å². The van der Waals surface area contributed by atoms with Crippen molar-refractivity contribution in [3.63, 3.8) is 0 Å². The first-order valence-electron chi connectivity index (χ1n) is 7.39. The average molecular weight is 323 g/mol. The van der Waals surface area contributed by atoms with Gasteiger partial charge in [0.15, 0.2) is 5.78 Å². The van der Waals surface area contributed by atoms with Crippen molar-refractivity contribution in [1.82, 2.24) is 9.78 Å². The zero-order valence-corrected chi connectivity index (χ0v) is 14.0. The lowest BCUT2D eigenvalue weighted by molar-refractivity contribution is 0.0994. The van der Waals surface area contributed by atoms with Gasteiger partial charge in [0.2, 0.25) is 0 Å². The lowest BCUT2D eigenvalue weighted by Gasteiger charge is -2.01. The predicted octanol–water partition coefficient (Wildman–Crippen LogP) is 4.14. The molecule has 2 aromatic heterocycles. The van der Waals surface area contributed by atoms with Crippen molar-refractivity contribution < 1.29 is 4.79 Å². The van der Waals surface area contributed by atoms with Crippen molar-refractivity contribution in [1.29, 1.82) is 0 Å². The van der Waals surface area contributed by atoms with Gasteiger partial charge >= 0.3 is 0 Å². The van der Waals surface area contributed by atoms with Crippen molar-refractivity contribution in [2.24, 2.45) is 7.05 Å². The second-order valence-electron chi connectivity index (χ2n) is 5.69. The van der Waals surface area contributed by atoms with Crippen LogP contribution in [0, 0.1) is 6.92 Å². The van der Waals surface area contributed by atoms with Gasteiger partial charge in [0.1, 0.15) is 0 Å². The van der Waals surface area contributed by atoms with E-state index in [1.807, 2.05) is 14.0 Å². The molecule has 3 nitrogen and oxygen atoms in total. The largest absolute Gasteiger partial charge is 0.293 e. The lowest BCUT2D eigenvalue weighted by atomic mass is 10.1. The van der Waals surface area contributed by atoms with Crippen LogP contribution < -0.4 is 0 Å². The molecule has 0 spiro atoms. The number of ketones is 1. The Labute approximate surface area is 133 Å². The topological polar surface area (TPSA) is 34.9 Å². The number of hydrogen-bond acceptors (Lipinski definition) is 3. The lowest BCUT2D eigenvalue weighted by Crippen LogP contribution is -2.07. The summed E-state index contributed by atoms with van der Waals surface area (Å²) < 4.78 is 1.72. The van der Waals surface area contributed by atoms with E-state index in [-0.39, 0.29) is 5.78 Å². The fourth-order valence-corrected chi connectivity index (χ4v) is 4.33. The minimum Gasteiger partial charge on any atom is -0.293 e. The third kappa shape index (κ3) is 2.92. The number of nitrogens with zero attached hydrogens (tertiary/aromatic N) is 2. The molecule has 0 radical (unpaired) electrons. The SMILES string of the molecule is Cc1nn(C)c(CC(=O)c2cc3c(s2)CCCCC3)c1Cl. The van der Waals surface area contributed by atoms with Crippen LogP contribution in [0.15, 0.2) is 6.07 Å². The van der Waals surface area contributed by atoms with Gasteiger partial charge in [-0.25, -0.2) is 0 Å². The summed E-state index contributed by atoms with van der Waals surface area (Å²) in [6, 6.07) is 2.10. The minimum atomic E-state index is 0.151. The van der Waals surface area contributed by atoms with Crippen molar-refractivity contribution in [3.8, 4) is 0 Å². The van der Waals surface area contributed by atoms with Crippen LogP contribution in [0.2, 0.25) is 5.02 Å². The molecule has 0 atom stereocenters. The van der Waals surface area contributed by atoms with Crippen LogP contribution in [-0.4, -0.2) is 15.6 Å². The molecule has 5 heteroatoms. The Morgan fingerprint density at radius 2 is 2.14 bits per heavy atom. The average Bonchev–Trinajstić information content (AvgIpc) is 2.86. The molecule has 0 saturated carbocycles. The van der Waals surface area contributed by atoms with Gasteiger partial charge in [-0.1, -0.05) is 18.0 Å². The highest BCUT2D eigenvalue weighted by Gasteiger charge is 2.20. The molecule has 21 heavy (non-hydrogen) atoms. The number of aromatic nitrogens is 2. The molecule has 0 unspecified atom stereocenters. The third-order valence-electron chi connectivity index (χ3n) is 4.11. The summed E-state index contributed by atoms with van der Waals surface area (Å²) >= 11 is 7.91. The van der Waals surface area contributed by atoms with E-state index < -0.39 is 0 Å². The van der Waals surface area contributed by atoms with Crippen molar-refractivity contribution >= 4 is 28.7 Å². The summed E-state index contributed by atoms with van der Waals surface area (Å²) in [6.07, 6.45) is 6.35. The maximum absolute atomic E-state index is 12.5. The fraction of sp³-hybridized carbons (Fsp3) is 0.500. The number of carbonyl (C=O) groups excluding carboxylic acids is 1. The van der Waals surface area contributed by atoms with Gasteiger partial charge in [-0.05, 0) is 44.2 Å². The molecule has 2 heterocycles. The van der Waals surface area contributed by atoms with E-state index in [0.717, 1.165) is 29.1 Å². The number of hydrogen-bond donors (Lipinski definition) is 0. The maximum Gasteiger partial charge on any atom is 0.178 e. The highest BCUT2D eigenvalue weighted by Crippen LogP contribution is 2.30. The normalized spacial score (nSPS) is 14.8. The van der Waals surface area contributed by atoms with E-state index in [0.29, 0.717) is 11.4 Å². The van der Waals surface area contributed by atoms with E-state index in [1.54, 1.807) is 16.0 Å². The van der Waals surface area contributed by atoms with Gasteiger partial charge in [0.05, 0.1) is 27.7 Å². The first kappa shape index (κ1) is 14.8. The minimum absolute atomic E-state index is 0.151. The van der Waals surface area contributed by atoms with E-state index in [1.165, 1.54) is 29.7 Å². The molecule has 0 fully saturated rings. The maximum atomic E-state index is 12.5. The molecular formula is C16H19ClN2OS. The molecule has 2 aromatic rings. The summed E-state index contributed by atoms with van der Waals surface area (Å²) in [5, 5.41) is 4.89. The Morgan fingerprint density at radius 3 is 2.86 bits per heavy atom. The number of halogens is 1. The second-order valence-corrected chi connectivity index (χ2v) is 7.20. The summed E-state index contributed by atoms with van der Waals surface area (Å²) in [5.74, 6) is 0.151. The van der Waals surface area contributed by atoms with Crippen LogP contribution >= 0.6 is 22.9 Å². The number of carbonyl (C=O) groups is 1. The number of Topliss-reactive ketones (excluding diaryl/α,β-unsaturated/α-hetero) is 1. The van der Waals surface area contributed by atoms with Crippen molar-refractivity contribution in [2.45, 2.75) is 45.4 Å². The zero-order chi connectivity index (χ0) is 15.0. The van der Waals surface area contributed by atoms with E-state index in [4.69, 9.17) is 11.6 Å². The number of thiophene rings is 1. The number of rotatable bonds is 3. The molecule has 0 N–H and O–H groups in total. The fourth-order valence-electron chi connectivity index (χ4n) is 2.92. The van der Waals surface area contributed by atoms with Gasteiger partial charge in [-0.15, -0.1) is 11.3 Å². The molecule has 3 rings (SSSR count). The Morgan fingerprint density at radius 1 is 1.38 bits per heavy atom. The molecule has 1 aliphatic rings. The quantitative estimate of drug-likeness (QED) is 0.629. The zero-order valence-electron chi connectivity index (χ0n) is 12.4. The van der Waals surface area contributed by atoms with Gasteiger partial charge in [-0.3, -0.25) is 9.48 Å². The molecule has 1 aliphatic carbocycles. The summed E-state index contributed by atoms with van der Waals surface area (Å²) in [5.41, 5.74) is 2.97. The van der Waals surface area contributed by atoms with Crippen molar-refractivity contribution in [2.75, 3.05) is 0 Å². The predicted molar refractivity (Wildman–Crippen MR) is 86.6 cm³/mol. The standard InChI is InChI=1S/C16H19ClN2OS/c1-10-16(17)12(19(2)18-10)9-13(20)15-8-11-6-4-3-5-7-14(11)21-15/h8H,3-7,9H2,1-2H3. The van der Waals surface area contributed by atoms with E-state index in [2.05, 4.69) is 11.2 Å². The Balaban J connectivity index is 1.82. The van der Waals surface area contributed by atoms with Crippen molar-refractivity contribution in [3.05, 3.63) is 37.8 Å². The van der Waals surface area contributed by atoms with E-state index in [9.17, 15) is 4.79 Å². The molecule has 0 bridgehead atoms. The molecule has 0 aromatic carbocycles. The number of fused-ring (bicyclic) bond motifs is 1. The highest BCUT2D eigenvalue weighted by molar-refractivity contribution is 7.14. The van der Waals surface area contributed by atoms with Crippen LogP contribution in [0.4, 0.5) is 0 Å². The van der Waals surface area contributed by atoms with Crippen LogP contribution in [0.5, 0.6) is 0 Å². The van der Waals surface area contributed by atoms with Gasteiger partial charge in [0.25, 0.3) is 0 Å². The monoisotopic (exact) mass is 322 g/mol. The van der Waals surface area contributed by atoms with Crippen LogP contribution in [0.3, 0.4) is 0 Å². The van der Waals surface area contributed by atoms with Gasteiger partial charge in [-0.2, -0.15) is 5.10 Å². The third-order valence-corrected chi connectivity index (χ3v) is 5.88. The van der Waals surface area contributed by atoms with Crippen LogP contribution in [-0.2, 0) is 26.3 Å². The highest BCUT2D eigenvalue weighted by atomic mass is 35.5. The summed E-state index contributed by atoms with van der Waals surface area (Å²) in [4.78, 5) is 14.8. The van der Waals surface area contributed by atoms with E-state index >= 15 is 0 Å². The Bertz CT molecular complexity index is 663. The summed E-state index contributed by atoms with van der Waals surface area (Å²) in [6.45, 7) is 1.86. The second kappa shape index (κ2) is 5.93. The van der Waals surface area contributed by atoms with Gasteiger partial charge in [0, 0.05) is 11.9 Å². The molecule has 112 valence electrons. The molecule has 0 amide bonds. The summed E-state index contributed by atoms with van der Waals surface area (Å²) in [7, 11) is 1.84. The first-order valence-corrected chi connectivity index (χ1v) is 8.58. The molecule has 0 aliphatic heterocycles. The Kier molecular flexibility index (Phi) is 4.18. The Hall–Kier alpha value is -1.13. The number of aryl methyl sites for hydroxylation is 4. The smallest absolute Gasteiger partial charge is 0.178 e. The van der Waals surface area contributed by atoms with Crippen LogP contribution in [0.1, 0.15) is 50.8 Å². The molecule has 0 saturated heterocycles. The first-order chi connectivity index (χ1) is 10.1. The van der Waals surface area contributed by atoms with Crippen LogP contribution in [0.25, 0.3) is 0 Å².